The third kappa shape index (κ3) is 6.28. The molecule has 3 nitrogen and oxygen atoms in total. The second-order valence-electron chi connectivity index (χ2n) is 3.77. The Hall–Kier alpha value is -0.120. The summed E-state index contributed by atoms with van der Waals surface area (Å²) in [6, 6.07) is 0. The van der Waals surface area contributed by atoms with Crippen LogP contribution in [0.25, 0.3) is 0 Å². The lowest BCUT2D eigenvalue weighted by Gasteiger charge is -2.30. The Morgan fingerprint density at radius 1 is 1.36 bits per heavy atom. The van der Waals surface area contributed by atoms with Gasteiger partial charge in [-0.25, -0.2) is 0 Å². The molecule has 0 radical (unpaired) electrons. The van der Waals surface area contributed by atoms with Gasteiger partial charge in [-0.3, -0.25) is 0 Å². The molecular formula is C8H20NO2+. The van der Waals surface area contributed by atoms with Gasteiger partial charge in [-0.05, 0) is 6.92 Å². The standard InChI is InChI=1S/C8H20NO2/c1-8(11)7-9(2,3)5-4-6-10/h8,10-11H,4-7H2,1-3H3/q+1. The molecule has 0 rings (SSSR count). The van der Waals surface area contributed by atoms with Crippen molar-refractivity contribution in [2.75, 3.05) is 33.8 Å². The summed E-state index contributed by atoms with van der Waals surface area (Å²) in [4.78, 5) is 0. The van der Waals surface area contributed by atoms with Gasteiger partial charge in [-0.15, -0.1) is 0 Å². The van der Waals surface area contributed by atoms with Crippen LogP contribution in [0.3, 0.4) is 0 Å². The summed E-state index contributed by atoms with van der Waals surface area (Å²) in [6.45, 7) is 3.70. The molecule has 3 heteroatoms. The number of hydrogen-bond donors (Lipinski definition) is 2. The average molecular weight is 162 g/mol. The first-order valence-electron chi connectivity index (χ1n) is 4.09. The molecule has 0 spiro atoms. The summed E-state index contributed by atoms with van der Waals surface area (Å²) in [5.74, 6) is 0. The molecule has 0 aliphatic heterocycles. The van der Waals surface area contributed by atoms with Gasteiger partial charge in [0, 0.05) is 13.0 Å². The maximum Gasteiger partial charge on any atom is 0.104 e. The van der Waals surface area contributed by atoms with Gasteiger partial charge in [0.1, 0.15) is 12.6 Å². The molecule has 0 aliphatic carbocycles. The van der Waals surface area contributed by atoms with Crippen molar-refractivity contribution in [2.45, 2.75) is 19.4 Å². The number of hydrogen-bond acceptors (Lipinski definition) is 2. The number of nitrogens with zero attached hydrogens (tertiary/aromatic N) is 1. The minimum Gasteiger partial charge on any atom is -0.396 e. The van der Waals surface area contributed by atoms with Crippen LogP contribution in [0.1, 0.15) is 13.3 Å². The van der Waals surface area contributed by atoms with Gasteiger partial charge < -0.3 is 14.7 Å². The first-order chi connectivity index (χ1) is 4.98. The van der Waals surface area contributed by atoms with Crippen LogP contribution in [0.5, 0.6) is 0 Å². The molecule has 0 saturated carbocycles. The van der Waals surface area contributed by atoms with E-state index >= 15 is 0 Å². The largest absolute Gasteiger partial charge is 0.396 e. The smallest absolute Gasteiger partial charge is 0.104 e. The van der Waals surface area contributed by atoms with Gasteiger partial charge in [0.15, 0.2) is 0 Å². The van der Waals surface area contributed by atoms with E-state index in [2.05, 4.69) is 14.1 Å². The Balaban J connectivity index is 3.61. The second-order valence-corrected chi connectivity index (χ2v) is 3.77. The molecule has 68 valence electrons. The third-order valence-corrected chi connectivity index (χ3v) is 1.68. The lowest BCUT2D eigenvalue weighted by Crippen LogP contribution is -2.45. The van der Waals surface area contributed by atoms with Crippen LogP contribution in [-0.2, 0) is 0 Å². The summed E-state index contributed by atoms with van der Waals surface area (Å²) in [5.41, 5.74) is 0. The number of rotatable bonds is 5. The maximum atomic E-state index is 9.11. The number of aliphatic hydroxyl groups excluding tert-OH is 2. The number of likely N-dealkylation sites (N-methyl/N-ethyl adjacent to an activating group) is 1. The van der Waals surface area contributed by atoms with Gasteiger partial charge in [0.25, 0.3) is 0 Å². The normalized spacial score (nSPS) is 15.0. The topological polar surface area (TPSA) is 40.5 Å². The minimum atomic E-state index is -0.260. The summed E-state index contributed by atoms with van der Waals surface area (Å²) in [5, 5.41) is 17.7. The average Bonchev–Trinajstić information content (AvgIpc) is 1.81. The summed E-state index contributed by atoms with van der Waals surface area (Å²) >= 11 is 0. The Morgan fingerprint density at radius 2 is 1.91 bits per heavy atom. The molecule has 11 heavy (non-hydrogen) atoms. The first-order valence-corrected chi connectivity index (χ1v) is 4.09. The van der Waals surface area contributed by atoms with Crippen LogP contribution in [-0.4, -0.2) is 54.6 Å². The Bertz CT molecular complexity index is 102. The molecular weight excluding hydrogens is 142 g/mol. The van der Waals surface area contributed by atoms with Crippen molar-refractivity contribution in [1.29, 1.82) is 0 Å². The van der Waals surface area contributed by atoms with E-state index < -0.39 is 0 Å². The predicted molar refractivity (Wildman–Crippen MR) is 45.2 cm³/mol. The SMILES string of the molecule is CC(O)C[N+](C)(C)CCCO. The molecule has 0 saturated heterocycles. The molecule has 0 heterocycles. The van der Waals surface area contributed by atoms with Crippen molar-refractivity contribution in [2.24, 2.45) is 0 Å². The zero-order valence-corrected chi connectivity index (χ0v) is 7.75. The Morgan fingerprint density at radius 3 is 2.27 bits per heavy atom. The van der Waals surface area contributed by atoms with Gasteiger partial charge in [-0.1, -0.05) is 0 Å². The zero-order valence-electron chi connectivity index (χ0n) is 7.75. The lowest BCUT2D eigenvalue weighted by atomic mass is 10.3. The fourth-order valence-corrected chi connectivity index (χ4v) is 1.31. The van der Waals surface area contributed by atoms with Crippen LogP contribution in [0.15, 0.2) is 0 Å². The predicted octanol–water partition coefficient (Wildman–Crippen LogP) is -0.174. The van der Waals surface area contributed by atoms with Crippen LogP contribution >= 0.6 is 0 Å². The lowest BCUT2D eigenvalue weighted by molar-refractivity contribution is -0.893. The van der Waals surface area contributed by atoms with E-state index in [0.29, 0.717) is 0 Å². The molecule has 1 atom stereocenters. The molecule has 1 unspecified atom stereocenters. The highest BCUT2D eigenvalue weighted by molar-refractivity contribution is 4.43. The van der Waals surface area contributed by atoms with Crippen LogP contribution in [0, 0.1) is 0 Å². The number of quaternary nitrogens is 1. The summed E-state index contributed by atoms with van der Waals surface area (Å²) in [7, 11) is 4.12. The third-order valence-electron chi connectivity index (χ3n) is 1.68. The fraction of sp³-hybridized carbons (Fsp3) is 1.00. The van der Waals surface area contributed by atoms with Crippen molar-refractivity contribution in [3.05, 3.63) is 0 Å². The second kappa shape index (κ2) is 4.70. The van der Waals surface area contributed by atoms with E-state index in [0.717, 1.165) is 24.0 Å². The Labute approximate surface area is 68.9 Å². The molecule has 0 fully saturated rings. The minimum absolute atomic E-state index is 0.238. The number of aliphatic hydroxyl groups is 2. The van der Waals surface area contributed by atoms with Crippen LogP contribution in [0.4, 0.5) is 0 Å². The quantitative estimate of drug-likeness (QED) is 0.551. The van der Waals surface area contributed by atoms with Crippen LogP contribution in [0.2, 0.25) is 0 Å². The maximum absolute atomic E-state index is 9.11. The van der Waals surface area contributed by atoms with E-state index in [4.69, 9.17) is 10.2 Å². The Kier molecular flexibility index (Phi) is 4.65. The summed E-state index contributed by atoms with van der Waals surface area (Å²) < 4.78 is 0.776. The highest BCUT2D eigenvalue weighted by Gasteiger charge is 2.16. The fourth-order valence-electron chi connectivity index (χ4n) is 1.31. The van der Waals surface area contributed by atoms with Gasteiger partial charge in [0.05, 0.1) is 20.6 Å². The van der Waals surface area contributed by atoms with E-state index in [1.54, 1.807) is 6.92 Å². The van der Waals surface area contributed by atoms with Crippen molar-refractivity contribution in [1.82, 2.24) is 0 Å². The molecule has 0 bridgehead atoms. The van der Waals surface area contributed by atoms with E-state index in [1.807, 2.05) is 0 Å². The highest BCUT2D eigenvalue weighted by atomic mass is 16.3. The van der Waals surface area contributed by atoms with Crippen molar-refractivity contribution in [3.63, 3.8) is 0 Å². The van der Waals surface area contributed by atoms with Crippen LogP contribution < -0.4 is 0 Å². The van der Waals surface area contributed by atoms with Gasteiger partial charge >= 0.3 is 0 Å². The molecule has 0 aromatic rings. The summed E-state index contributed by atoms with van der Waals surface area (Å²) in [6.07, 6.45) is 0.545. The molecule has 2 N–H and O–H groups in total. The van der Waals surface area contributed by atoms with E-state index in [9.17, 15) is 0 Å². The highest BCUT2D eigenvalue weighted by Crippen LogP contribution is 2.00. The molecule has 0 aromatic carbocycles. The zero-order chi connectivity index (χ0) is 8.91. The molecule has 0 amide bonds. The van der Waals surface area contributed by atoms with E-state index in [-0.39, 0.29) is 12.7 Å². The molecule has 0 aliphatic rings. The molecule has 0 aromatic heterocycles. The monoisotopic (exact) mass is 162 g/mol. The van der Waals surface area contributed by atoms with E-state index in [1.165, 1.54) is 0 Å². The van der Waals surface area contributed by atoms with Crippen molar-refractivity contribution >= 4 is 0 Å². The first kappa shape index (κ1) is 10.9. The van der Waals surface area contributed by atoms with Gasteiger partial charge in [0.2, 0.25) is 0 Å². The van der Waals surface area contributed by atoms with Crippen molar-refractivity contribution in [3.8, 4) is 0 Å². The van der Waals surface area contributed by atoms with Gasteiger partial charge in [-0.2, -0.15) is 0 Å². The van der Waals surface area contributed by atoms with Crippen molar-refractivity contribution < 1.29 is 14.7 Å².